The highest BCUT2D eigenvalue weighted by atomic mass is 35.5. The van der Waals surface area contributed by atoms with Gasteiger partial charge in [0.25, 0.3) is 5.56 Å². The lowest BCUT2D eigenvalue weighted by Crippen LogP contribution is -2.26. The average Bonchev–Trinajstić information content (AvgIpc) is 2.50. The van der Waals surface area contributed by atoms with E-state index in [2.05, 4.69) is 6.92 Å². The van der Waals surface area contributed by atoms with Crippen LogP contribution in [0.2, 0.25) is 10.0 Å². The van der Waals surface area contributed by atoms with Crippen molar-refractivity contribution in [1.82, 2.24) is 4.57 Å². The molecule has 0 aliphatic carbocycles. The predicted molar refractivity (Wildman–Crippen MR) is 94.9 cm³/mol. The fraction of sp³-hybridized carbons (Fsp3) is 0.471. The van der Waals surface area contributed by atoms with Gasteiger partial charge in [0.1, 0.15) is 5.75 Å². The van der Waals surface area contributed by atoms with Gasteiger partial charge in [-0.3, -0.25) is 4.79 Å². The first-order chi connectivity index (χ1) is 10.9. The highest BCUT2D eigenvalue weighted by molar-refractivity contribution is 6.42. The Kier molecular flexibility index (Phi) is 5.95. The third-order valence-electron chi connectivity index (χ3n) is 3.72. The number of pyridine rings is 1. The number of nitrogens with zero attached hydrogens (tertiary/aromatic N) is 1. The Morgan fingerprint density at radius 1 is 1.22 bits per heavy atom. The van der Waals surface area contributed by atoms with Gasteiger partial charge < -0.3 is 14.4 Å². The third-order valence-corrected chi connectivity index (χ3v) is 4.44. The largest absolute Gasteiger partial charge is 0.491 e. The van der Waals surface area contributed by atoms with Gasteiger partial charge in [-0.2, -0.15) is 0 Å². The zero-order valence-corrected chi connectivity index (χ0v) is 15.0. The Labute approximate surface area is 145 Å². The van der Waals surface area contributed by atoms with E-state index in [4.69, 9.17) is 27.9 Å². The van der Waals surface area contributed by atoms with Crippen LogP contribution in [-0.2, 0) is 6.61 Å². The molecular formula is C17H21Cl2NO3. The maximum Gasteiger partial charge on any atom is 0.259 e. The SMILES string of the molecule is CCCCOc1c(CO)n(C(C)C)c(=O)c2cc(Cl)c(Cl)cc12. The summed E-state index contributed by atoms with van der Waals surface area (Å²) < 4.78 is 7.45. The molecule has 4 nitrogen and oxygen atoms in total. The number of benzene rings is 1. The molecule has 0 aliphatic rings. The lowest BCUT2D eigenvalue weighted by atomic mass is 10.1. The molecule has 0 bridgehead atoms. The quantitative estimate of drug-likeness (QED) is 0.770. The van der Waals surface area contributed by atoms with Crippen molar-refractivity contribution in [1.29, 1.82) is 0 Å². The summed E-state index contributed by atoms with van der Waals surface area (Å²) >= 11 is 12.2. The zero-order chi connectivity index (χ0) is 17.1. The highest BCUT2D eigenvalue weighted by Crippen LogP contribution is 2.34. The average molecular weight is 358 g/mol. The van der Waals surface area contributed by atoms with Crippen molar-refractivity contribution in [3.63, 3.8) is 0 Å². The van der Waals surface area contributed by atoms with Crippen molar-refractivity contribution in [2.75, 3.05) is 6.61 Å². The first-order valence-corrected chi connectivity index (χ1v) is 8.47. The molecule has 1 aromatic carbocycles. The van der Waals surface area contributed by atoms with E-state index in [1.807, 2.05) is 13.8 Å². The summed E-state index contributed by atoms with van der Waals surface area (Å²) in [6.07, 6.45) is 1.87. The number of aliphatic hydroxyl groups is 1. The minimum atomic E-state index is -0.287. The van der Waals surface area contributed by atoms with E-state index in [0.29, 0.717) is 38.9 Å². The summed E-state index contributed by atoms with van der Waals surface area (Å²) in [5.41, 5.74) is 0.257. The number of rotatable bonds is 6. The Hall–Kier alpha value is -1.23. The fourth-order valence-corrected chi connectivity index (χ4v) is 2.93. The predicted octanol–water partition coefficient (Wildman–Crippen LogP) is 4.56. The van der Waals surface area contributed by atoms with E-state index in [9.17, 15) is 9.90 Å². The maximum absolute atomic E-state index is 12.8. The molecular weight excluding hydrogens is 337 g/mol. The van der Waals surface area contributed by atoms with Crippen LogP contribution >= 0.6 is 23.2 Å². The van der Waals surface area contributed by atoms with Crippen molar-refractivity contribution < 1.29 is 9.84 Å². The van der Waals surface area contributed by atoms with E-state index in [1.165, 1.54) is 0 Å². The Morgan fingerprint density at radius 3 is 2.35 bits per heavy atom. The van der Waals surface area contributed by atoms with Crippen LogP contribution in [0.1, 0.15) is 45.3 Å². The molecule has 2 rings (SSSR count). The first-order valence-electron chi connectivity index (χ1n) is 7.72. The molecule has 0 amide bonds. The Morgan fingerprint density at radius 2 is 1.83 bits per heavy atom. The van der Waals surface area contributed by atoms with E-state index >= 15 is 0 Å². The molecule has 23 heavy (non-hydrogen) atoms. The second kappa shape index (κ2) is 7.56. The van der Waals surface area contributed by atoms with Crippen molar-refractivity contribution in [2.45, 2.75) is 46.3 Å². The number of aliphatic hydroxyl groups excluding tert-OH is 1. The molecule has 6 heteroatoms. The summed E-state index contributed by atoms with van der Waals surface area (Å²) in [5, 5.41) is 11.5. The monoisotopic (exact) mass is 357 g/mol. The fourth-order valence-electron chi connectivity index (χ4n) is 2.60. The Bertz CT molecular complexity index is 769. The molecule has 0 fully saturated rings. The number of unbranched alkanes of at least 4 members (excludes halogenated alkanes) is 1. The highest BCUT2D eigenvalue weighted by Gasteiger charge is 2.20. The molecule has 126 valence electrons. The molecule has 0 atom stereocenters. The van der Waals surface area contributed by atoms with E-state index in [-0.39, 0.29) is 18.2 Å². The summed E-state index contributed by atoms with van der Waals surface area (Å²) in [4.78, 5) is 12.8. The van der Waals surface area contributed by atoms with Gasteiger partial charge in [-0.25, -0.2) is 0 Å². The molecule has 0 aliphatic heterocycles. The van der Waals surface area contributed by atoms with Crippen LogP contribution in [-0.4, -0.2) is 16.3 Å². The van der Waals surface area contributed by atoms with Crippen molar-refractivity contribution in [3.05, 3.63) is 38.2 Å². The molecule has 1 heterocycles. The third kappa shape index (κ3) is 3.49. The number of fused-ring (bicyclic) bond motifs is 1. The molecule has 0 saturated heterocycles. The molecule has 1 aromatic heterocycles. The van der Waals surface area contributed by atoms with Crippen LogP contribution in [0.5, 0.6) is 5.75 Å². The van der Waals surface area contributed by atoms with E-state index in [1.54, 1.807) is 16.7 Å². The van der Waals surface area contributed by atoms with Crippen LogP contribution in [0.4, 0.5) is 0 Å². The maximum atomic E-state index is 12.8. The topological polar surface area (TPSA) is 51.5 Å². The van der Waals surface area contributed by atoms with Crippen LogP contribution in [0, 0.1) is 0 Å². The standard InChI is InChI=1S/C17H21Cl2NO3/c1-4-5-6-23-16-11-7-13(18)14(19)8-12(11)17(22)20(10(2)3)15(16)9-21/h7-8,10,21H,4-6,9H2,1-3H3. The van der Waals surface area contributed by atoms with Gasteiger partial charge in [0.2, 0.25) is 0 Å². The van der Waals surface area contributed by atoms with Crippen LogP contribution in [0.25, 0.3) is 10.8 Å². The van der Waals surface area contributed by atoms with E-state index < -0.39 is 0 Å². The van der Waals surface area contributed by atoms with Crippen molar-refractivity contribution in [2.24, 2.45) is 0 Å². The molecule has 1 N–H and O–H groups in total. The number of hydrogen-bond acceptors (Lipinski definition) is 3. The van der Waals surface area contributed by atoms with Gasteiger partial charge in [-0.1, -0.05) is 36.5 Å². The molecule has 0 saturated carbocycles. The van der Waals surface area contributed by atoms with E-state index in [0.717, 1.165) is 12.8 Å². The van der Waals surface area contributed by atoms with Crippen LogP contribution in [0.3, 0.4) is 0 Å². The van der Waals surface area contributed by atoms with Gasteiger partial charge in [0.15, 0.2) is 0 Å². The van der Waals surface area contributed by atoms with Gasteiger partial charge in [-0.15, -0.1) is 0 Å². The Balaban J connectivity index is 2.83. The lowest BCUT2D eigenvalue weighted by molar-refractivity contribution is 0.245. The second-order valence-corrected chi connectivity index (χ2v) is 6.53. The van der Waals surface area contributed by atoms with Gasteiger partial charge in [0, 0.05) is 11.4 Å². The minimum Gasteiger partial charge on any atom is -0.491 e. The van der Waals surface area contributed by atoms with Gasteiger partial charge >= 0.3 is 0 Å². The second-order valence-electron chi connectivity index (χ2n) is 5.72. The summed E-state index contributed by atoms with van der Waals surface area (Å²) in [5.74, 6) is 0.503. The lowest BCUT2D eigenvalue weighted by Gasteiger charge is -2.21. The number of aromatic nitrogens is 1. The smallest absolute Gasteiger partial charge is 0.259 e. The van der Waals surface area contributed by atoms with Gasteiger partial charge in [-0.05, 0) is 32.4 Å². The normalized spacial score (nSPS) is 11.4. The number of ether oxygens (including phenoxy) is 1. The zero-order valence-electron chi connectivity index (χ0n) is 13.5. The molecule has 0 unspecified atom stereocenters. The molecule has 2 aromatic rings. The number of halogens is 2. The summed E-state index contributed by atoms with van der Waals surface area (Å²) in [7, 11) is 0. The van der Waals surface area contributed by atoms with Crippen LogP contribution < -0.4 is 10.3 Å². The van der Waals surface area contributed by atoms with Crippen molar-refractivity contribution in [3.8, 4) is 5.75 Å². The van der Waals surface area contributed by atoms with Crippen molar-refractivity contribution >= 4 is 34.0 Å². The summed E-state index contributed by atoms with van der Waals surface area (Å²) in [6, 6.07) is 3.08. The van der Waals surface area contributed by atoms with Gasteiger partial charge in [0.05, 0.1) is 34.3 Å². The first kappa shape index (κ1) is 18.1. The number of hydrogen-bond donors (Lipinski definition) is 1. The molecule has 0 spiro atoms. The summed E-state index contributed by atoms with van der Waals surface area (Å²) in [6.45, 7) is 6.07. The minimum absolute atomic E-state index is 0.114. The van der Waals surface area contributed by atoms with Crippen LogP contribution in [0.15, 0.2) is 16.9 Å². The molecule has 0 radical (unpaired) electrons.